The number of aromatic nitrogens is 2. The molecular formula is C24H21F4N3O4. The van der Waals surface area contributed by atoms with Crippen LogP contribution in [0.25, 0.3) is 11.8 Å². The van der Waals surface area contributed by atoms with Crippen molar-refractivity contribution in [3.05, 3.63) is 83.4 Å². The lowest BCUT2D eigenvalue weighted by molar-refractivity contribution is -0.195. The highest BCUT2D eigenvalue weighted by Crippen LogP contribution is 2.27. The molecule has 1 amide bonds. The molecule has 0 radical (unpaired) electrons. The summed E-state index contributed by atoms with van der Waals surface area (Å²) < 4.78 is 63.5. The standard InChI is InChI=1S/C24H21F4N3O4/c1-14-12-31(13-29-14)19-8-7-16(9-20(19)34-3)10-21(35-23(33)24(26,27)28)22(32)30-15(2)17-5-4-6-18(25)11-17/h4-13,15H,1-3H3,(H,30,32)/b21-10+. The number of carbonyl (C=O) groups is 2. The van der Waals surface area contributed by atoms with Crippen LogP contribution >= 0.6 is 0 Å². The van der Waals surface area contributed by atoms with Gasteiger partial charge >= 0.3 is 12.1 Å². The summed E-state index contributed by atoms with van der Waals surface area (Å²) >= 11 is 0. The average molecular weight is 491 g/mol. The van der Waals surface area contributed by atoms with Gasteiger partial charge in [-0.25, -0.2) is 14.2 Å². The number of amides is 1. The third kappa shape index (κ3) is 6.46. The fourth-order valence-corrected chi connectivity index (χ4v) is 3.13. The molecule has 1 heterocycles. The number of methoxy groups -OCH3 is 1. The first-order valence-corrected chi connectivity index (χ1v) is 10.2. The van der Waals surface area contributed by atoms with Gasteiger partial charge in [-0.05, 0) is 55.3 Å². The number of benzene rings is 2. The van der Waals surface area contributed by atoms with Crippen molar-refractivity contribution in [1.29, 1.82) is 0 Å². The molecule has 1 atom stereocenters. The number of nitrogens with one attached hydrogen (secondary N) is 1. The largest absolute Gasteiger partial charge is 0.495 e. The van der Waals surface area contributed by atoms with Crippen molar-refractivity contribution in [1.82, 2.24) is 14.9 Å². The molecule has 184 valence electrons. The van der Waals surface area contributed by atoms with E-state index in [1.165, 1.54) is 44.4 Å². The lowest BCUT2D eigenvalue weighted by atomic mass is 10.1. The van der Waals surface area contributed by atoms with E-state index >= 15 is 0 Å². The lowest BCUT2D eigenvalue weighted by Crippen LogP contribution is -2.33. The Morgan fingerprint density at radius 3 is 2.51 bits per heavy atom. The highest BCUT2D eigenvalue weighted by Gasteiger charge is 2.42. The number of aryl methyl sites for hydroxylation is 1. The molecule has 0 saturated heterocycles. The third-order valence-electron chi connectivity index (χ3n) is 4.85. The van der Waals surface area contributed by atoms with Gasteiger partial charge in [-0.2, -0.15) is 13.2 Å². The second-order valence-electron chi connectivity index (χ2n) is 7.50. The molecule has 0 aliphatic carbocycles. The van der Waals surface area contributed by atoms with Crippen LogP contribution in [0.2, 0.25) is 0 Å². The zero-order valence-electron chi connectivity index (χ0n) is 18.9. The van der Waals surface area contributed by atoms with Crippen LogP contribution in [0.3, 0.4) is 0 Å². The van der Waals surface area contributed by atoms with E-state index < -0.39 is 35.7 Å². The smallest absolute Gasteiger partial charge is 0.491 e. The minimum Gasteiger partial charge on any atom is -0.495 e. The number of halogens is 4. The number of esters is 1. The molecule has 0 saturated carbocycles. The summed E-state index contributed by atoms with van der Waals surface area (Å²) in [4.78, 5) is 28.4. The normalized spacial score (nSPS) is 12.7. The Labute approximate surface area is 198 Å². The van der Waals surface area contributed by atoms with Gasteiger partial charge in [0.05, 0.1) is 30.9 Å². The van der Waals surface area contributed by atoms with Crippen LogP contribution < -0.4 is 10.1 Å². The van der Waals surface area contributed by atoms with E-state index in [0.717, 1.165) is 17.8 Å². The van der Waals surface area contributed by atoms with Crippen LogP contribution in [0.1, 0.15) is 29.8 Å². The van der Waals surface area contributed by atoms with Crippen molar-refractivity contribution in [2.45, 2.75) is 26.1 Å². The van der Waals surface area contributed by atoms with Crippen LogP contribution in [0, 0.1) is 12.7 Å². The van der Waals surface area contributed by atoms with E-state index in [2.05, 4.69) is 15.0 Å². The molecule has 1 aromatic heterocycles. The van der Waals surface area contributed by atoms with Gasteiger partial charge in [0, 0.05) is 6.20 Å². The lowest BCUT2D eigenvalue weighted by Gasteiger charge is -2.17. The van der Waals surface area contributed by atoms with Crippen molar-refractivity contribution < 1.29 is 36.6 Å². The van der Waals surface area contributed by atoms with Crippen LogP contribution in [0.15, 0.2) is 60.7 Å². The number of ether oxygens (including phenoxy) is 2. The monoisotopic (exact) mass is 491 g/mol. The van der Waals surface area contributed by atoms with Crippen LogP contribution in [-0.2, 0) is 14.3 Å². The molecule has 0 fully saturated rings. The van der Waals surface area contributed by atoms with Crippen molar-refractivity contribution in [2.75, 3.05) is 7.11 Å². The molecule has 11 heteroatoms. The van der Waals surface area contributed by atoms with Gasteiger partial charge in [0.2, 0.25) is 0 Å². The molecule has 35 heavy (non-hydrogen) atoms. The molecule has 0 bridgehead atoms. The fourth-order valence-electron chi connectivity index (χ4n) is 3.13. The fraction of sp³-hybridized carbons (Fsp3) is 0.208. The van der Waals surface area contributed by atoms with Gasteiger partial charge < -0.3 is 19.4 Å². The minimum absolute atomic E-state index is 0.223. The topological polar surface area (TPSA) is 82.5 Å². The first-order chi connectivity index (χ1) is 16.5. The van der Waals surface area contributed by atoms with Gasteiger partial charge in [0.25, 0.3) is 5.91 Å². The van der Waals surface area contributed by atoms with Gasteiger partial charge in [-0.1, -0.05) is 18.2 Å². The summed E-state index contributed by atoms with van der Waals surface area (Å²) in [7, 11) is 1.40. The predicted octanol–water partition coefficient (Wildman–Crippen LogP) is 4.65. The van der Waals surface area contributed by atoms with Crippen molar-refractivity contribution in [2.24, 2.45) is 0 Å². The van der Waals surface area contributed by atoms with Crippen molar-refractivity contribution in [3.8, 4) is 11.4 Å². The number of hydrogen-bond acceptors (Lipinski definition) is 5. The molecule has 0 aliphatic rings. The number of nitrogens with zero attached hydrogens (tertiary/aromatic N) is 2. The summed E-state index contributed by atoms with van der Waals surface area (Å²) in [6.07, 6.45) is -1.05. The Bertz CT molecular complexity index is 1270. The number of hydrogen-bond donors (Lipinski definition) is 1. The SMILES string of the molecule is COc1cc(/C=C(/OC(=O)C(F)(F)F)C(=O)NC(C)c2cccc(F)c2)ccc1-n1cnc(C)c1. The Kier molecular flexibility index (Phi) is 7.58. The summed E-state index contributed by atoms with van der Waals surface area (Å²) in [5, 5.41) is 2.41. The first kappa shape index (κ1) is 25.5. The molecule has 7 nitrogen and oxygen atoms in total. The van der Waals surface area contributed by atoms with E-state index in [1.54, 1.807) is 30.1 Å². The van der Waals surface area contributed by atoms with E-state index in [1.807, 2.05) is 0 Å². The van der Waals surface area contributed by atoms with Crippen LogP contribution in [0.5, 0.6) is 5.75 Å². The highest BCUT2D eigenvalue weighted by atomic mass is 19.4. The van der Waals surface area contributed by atoms with Crippen LogP contribution in [0.4, 0.5) is 17.6 Å². The Hall–Kier alpha value is -4.15. The maximum atomic E-state index is 13.5. The third-order valence-corrected chi connectivity index (χ3v) is 4.85. The molecule has 3 rings (SSSR count). The number of imidazole rings is 1. The molecular weight excluding hydrogens is 470 g/mol. The van der Waals surface area contributed by atoms with Gasteiger partial charge in [-0.15, -0.1) is 0 Å². The van der Waals surface area contributed by atoms with Crippen molar-refractivity contribution in [3.63, 3.8) is 0 Å². The zero-order chi connectivity index (χ0) is 25.8. The van der Waals surface area contributed by atoms with Crippen LogP contribution in [-0.4, -0.2) is 34.7 Å². The Morgan fingerprint density at radius 2 is 1.91 bits per heavy atom. The predicted molar refractivity (Wildman–Crippen MR) is 118 cm³/mol. The maximum Gasteiger partial charge on any atom is 0.491 e. The van der Waals surface area contributed by atoms with Gasteiger partial charge in [-0.3, -0.25) is 4.79 Å². The van der Waals surface area contributed by atoms with Gasteiger partial charge in [0.1, 0.15) is 11.6 Å². The Balaban J connectivity index is 1.94. The second-order valence-corrected chi connectivity index (χ2v) is 7.50. The summed E-state index contributed by atoms with van der Waals surface area (Å²) in [6, 6.07) is 9.07. The maximum absolute atomic E-state index is 13.5. The summed E-state index contributed by atoms with van der Waals surface area (Å²) in [5.74, 6) is -4.79. The number of carbonyl (C=O) groups excluding carboxylic acids is 2. The molecule has 0 aliphatic heterocycles. The average Bonchev–Trinajstić information content (AvgIpc) is 3.23. The first-order valence-electron chi connectivity index (χ1n) is 10.2. The summed E-state index contributed by atoms with van der Waals surface area (Å²) in [6.45, 7) is 3.30. The second kappa shape index (κ2) is 10.4. The van der Waals surface area contributed by atoms with E-state index in [4.69, 9.17) is 4.74 Å². The van der Waals surface area contributed by atoms with E-state index in [9.17, 15) is 27.2 Å². The van der Waals surface area contributed by atoms with Gasteiger partial charge in [0.15, 0.2) is 5.76 Å². The van der Waals surface area contributed by atoms with E-state index in [-0.39, 0.29) is 5.56 Å². The minimum atomic E-state index is -5.33. The van der Waals surface area contributed by atoms with Crippen molar-refractivity contribution >= 4 is 18.0 Å². The number of rotatable bonds is 7. The molecule has 1 unspecified atom stereocenters. The number of alkyl halides is 3. The molecule has 2 aromatic carbocycles. The Morgan fingerprint density at radius 1 is 1.17 bits per heavy atom. The molecule has 1 N–H and O–H groups in total. The van der Waals surface area contributed by atoms with E-state index in [0.29, 0.717) is 17.0 Å². The zero-order valence-corrected chi connectivity index (χ0v) is 18.9. The quantitative estimate of drug-likeness (QED) is 0.225. The molecule has 0 spiro atoms. The summed E-state index contributed by atoms with van der Waals surface area (Å²) in [5.41, 5.74) is 1.92. The highest BCUT2D eigenvalue weighted by molar-refractivity contribution is 5.98. The molecule has 3 aromatic rings.